The summed E-state index contributed by atoms with van der Waals surface area (Å²) in [4.78, 5) is 0.200. The third-order valence-corrected chi connectivity index (χ3v) is 6.72. The van der Waals surface area contributed by atoms with Gasteiger partial charge in [-0.2, -0.15) is 4.31 Å². The van der Waals surface area contributed by atoms with E-state index >= 15 is 0 Å². The Morgan fingerprint density at radius 2 is 1.81 bits per heavy atom. The van der Waals surface area contributed by atoms with Crippen LogP contribution in [0.2, 0.25) is 0 Å². The molecule has 0 unspecified atom stereocenters. The normalized spacial score (nSPS) is 18.9. The van der Waals surface area contributed by atoms with E-state index in [4.69, 9.17) is 5.73 Å². The second-order valence-electron chi connectivity index (χ2n) is 6.73. The van der Waals surface area contributed by atoms with E-state index in [1.54, 1.807) is 22.5 Å². The van der Waals surface area contributed by atoms with Crippen LogP contribution in [0.15, 0.2) is 27.6 Å². The molecule has 4 nitrogen and oxygen atoms in total. The molecule has 0 bridgehead atoms. The lowest BCUT2D eigenvalue weighted by Gasteiger charge is -2.38. The van der Waals surface area contributed by atoms with Gasteiger partial charge in [-0.05, 0) is 42.4 Å². The Balaban J connectivity index is 2.21. The number of hydrogen-bond donors (Lipinski definition) is 1. The molecular formula is C15H23BrN2O2S. The Bertz CT molecular complexity index is 615. The number of nitrogens with zero attached hydrogens (tertiary/aromatic N) is 1. The average molecular weight is 375 g/mol. The van der Waals surface area contributed by atoms with Crippen LogP contribution in [0.25, 0.3) is 0 Å². The standard InChI is InChI=1S/C15H23BrN2O2S/c1-15(2,3)11-6-8-18(9-7-11)21(19,20)14-10-12(16)4-5-13(14)17/h4-5,10-11H,6-9,17H2,1-3H3. The molecule has 0 aliphatic carbocycles. The molecule has 0 atom stereocenters. The van der Waals surface area contributed by atoms with Gasteiger partial charge in [-0.3, -0.25) is 0 Å². The van der Waals surface area contributed by atoms with E-state index < -0.39 is 10.0 Å². The van der Waals surface area contributed by atoms with Crippen molar-refractivity contribution in [2.45, 2.75) is 38.5 Å². The van der Waals surface area contributed by atoms with Crippen LogP contribution in [0.1, 0.15) is 33.6 Å². The van der Waals surface area contributed by atoms with Crippen LogP contribution in [-0.4, -0.2) is 25.8 Å². The molecule has 2 N–H and O–H groups in total. The minimum atomic E-state index is -3.51. The van der Waals surface area contributed by atoms with Gasteiger partial charge in [-0.1, -0.05) is 36.7 Å². The number of halogens is 1. The predicted molar refractivity (Wildman–Crippen MR) is 89.5 cm³/mol. The first-order valence-electron chi connectivity index (χ1n) is 7.17. The molecule has 0 spiro atoms. The molecule has 1 fully saturated rings. The van der Waals surface area contributed by atoms with Crippen molar-refractivity contribution in [2.75, 3.05) is 18.8 Å². The molecule has 0 radical (unpaired) electrons. The maximum Gasteiger partial charge on any atom is 0.245 e. The molecule has 6 heteroatoms. The van der Waals surface area contributed by atoms with Crippen molar-refractivity contribution in [1.29, 1.82) is 0 Å². The minimum Gasteiger partial charge on any atom is -0.398 e. The van der Waals surface area contributed by atoms with E-state index in [0.29, 0.717) is 24.7 Å². The predicted octanol–water partition coefficient (Wildman–Crippen LogP) is 3.48. The van der Waals surface area contributed by atoms with E-state index in [2.05, 4.69) is 36.7 Å². The molecule has 2 rings (SSSR count). The molecule has 1 aromatic rings. The van der Waals surface area contributed by atoms with E-state index in [1.807, 2.05) is 0 Å². The third-order valence-electron chi connectivity index (χ3n) is 4.27. The summed E-state index contributed by atoms with van der Waals surface area (Å²) in [5.74, 6) is 0.559. The fourth-order valence-electron chi connectivity index (χ4n) is 2.83. The number of sulfonamides is 1. The van der Waals surface area contributed by atoms with Crippen molar-refractivity contribution >= 4 is 31.6 Å². The van der Waals surface area contributed by atoms with Gasteiger partial charge in [-0.15, -0.1) is 0 Å². The second-order valence-corrected chi connectivity index (χ2v) is 9.55. The van der Waals surface area contributed by atoms with Crippen LogP contribution in [0.4, 0.5) is 5.69 Å². The van der Waals surface area contributed by atoms with Crippen molar-refractivity contribution in [3.63, 3.8) is 0 Å². The summed E-state index contributed by atoms with van der Waals surface area (Å²) >= 11 is 3.31. The average Bonchev–Trinajstić information content (AvgIpc) is 2.40. The van der Waals surface area contributed by atoms with Crippen molar-refractivity contribution in [3.05, 3.63) is 22.7 Å². The van der Waals surface area contributed by atoms with Gasteiger partial charge in [0.15, 0.2) is 0 Å². The Labute approximate surface area is 135 Å². The molecule has 1 aliphatic rings. The molecule has 1 saturated heterocycles. The summed E-state index contributed by atoms with van der Waals surface area (Å²) in [7, 11) is -3.51. The number of hydrogen-bond acceptors (Lipinski definition) is 3. The quantitative estimate of drug-likeness (QED) is 0.805. The number of benzene rings is 1. The van der Waals surface area contributed by atoms with Crippen LogP contribution >= 0.6 is 15.9 Å². The molecule has 0 aromatic heterocycles. The monoisotopic (exact) mass is 374 g/mol. The first-order chi connectivity index (χ1) is 9.62. The largest absolute Gasteiger partial charge is 0.398 e. The van der Waals surface area contributed by atoms with Crippen LogP contribution in [0.3, 0.4) is 0 Å². The molecule has 21 heavy (non-hydrogen) atoms. The van der Waals surface area contributed by atoms with Gasteiger partial charge in [0.2, 0.25) is 10.0 Å². The number of rotatable bonds is 2. The number of anilines is 1. The SMILES string of the molecule is CC(C)(C)C1CCN(S(=O)(=O)c2cc(Br)ccc2N)CC1. The van der Waals surface area contributed by atoms with E-state index in [-0.39, 0.29) is 10.3 Å². The summed E-state index contributed by atoms with van der Waals surface area (Å²) in [5, 5.41) is 0. The topological polar surface area (TPSA) is 63.4 Å². The van der Waals surface area contributed by atoms with Gasteiger partial charge < -0.3 is 5.73 Å². The van der Waals surface area contributed by atoms with Gasteiger partial charge in [0.1, 0.15) is 4.90 Å². The highest BCUT2D eigenvalue weighted by atomic mass is 79.9. The summed E-state index contributed by atoms with van der Waals surface area (Å²) in [6.45, 7) is 7.78. The van der Waals surface area contributed by atoms with Crippen molar-refractivity contribution in [3.8, 4) is 0 Å². The van der Waals surface area contributed by atoms with Crippen LogP contribution < -0.4 is 5.73 Å². The maximum atomic E-state index is 12.7. The Morgan fingerprint density at radius 1 is 1.24 bits per heavy atom. The molecule has 0 amide bonds. The van der Waals surface area contributed by atoms with Gasteiger partial charge in [0.05, 0.1) is 5.69 Å². The summed E-state index contributed by atoms with van der Waals surface area (Å²) in [6, 6.07) is 4.96. The van der Waals surface area contributed by atoms with Gasteiger partial charge in [-0.25, -0.2) is 8.42 Å². The third kappa shape index (κ3) is 3.60. The number of nitrogens with two attached hydrogens (primary N) is 1. The highest BCUT2D eigenvalue weighted by Crippen LogP contribution is 2.36. The van der Waals surface area contributed by atoms with Gasteiger partial charge in [0, 0.05) is 17.6 Å². The summed E-state index contributed by atoms with van der Waals surface area (Å²) < 4.78 is 27.8. The van der Waals surface area contributed by atoms with E-state index in [0.717, 1.165) is 17.3 Å². The Kier molecular flexibility index (Phi) is 4.71. The van der Waals surface area contributed by atoms with Gasteiger partial charge >= 0.3 is 0 Å². The van der Waals surface area contributed by atoms with Crippen LogP contribution in [0.5, 0.6) is 0 Å². The Morgan fingerprint density at radius 3 is 2.33 bits per heavy atom. The number of piperidine rings is 1. The zero-order chi connectivity index (χ0) is 15.8. The molecule has 118 valence electrons. The molecule has 1 aromatic carbocycles. The molecular weight excluding hydrogens is 352 g/mol. The minimum absolute atomic E-state index is 0.200. The van der Waals surface area contributed by atoms with Gasteiger partial charge in [0.25, 0.3) is 0 Å². The zero-order valence-corrected chi connectivity index (χ0v) is 15.2. The van der Waals surface area contributed by atoms with Crippen LogP contribution in [-0.2, 0) is 10.0 Å². The maximum absolute atomic E-state index is 12.7. The van der Waals surface area contributed by atoms with E-state index in [9.17, 15) is 8.42 Å². The lowest BCUT2D eigenvalue weighted by molar-refractivity contribution is 0.154. The molecule has 0 saturated carbocycles. The molecule has 1 aliphatic heterocycles. The Hall–Kier alpha value is -0.590. The van der Waals surface area contributed by atoms with E-state index in [1.165, 1.54) is 0 Å². The first-order valence-corrected chi connectivity index (χ1v) is 9.41. The van der Waals surface area contributed by atoms with Crippen molar-refractivity contribution < 1.29 is 8.42 Å². The lowest BCUT2D eigenvalue weighted by atomic mass is 9.76. The highest BCUT2D eigenvalue weighted by Gasteiger charge is 2.34. The second kappa shape index (κ2) is 5.89. The number of nitrogen functional groups attached to an aromatic ring is 1. The van der Waals surface area contributed by atoms with Crippen LogP contribution in [0, 0.1) is 11.3 Å². The highest BCUT2D eigenvalue weighted by molar-refractivity contribution is 9.10. The summed E-state index contributed by atoms with van der Waals surface area (Å²) in [5.41, 5.74) is 6.38. The zero-order valence-electron chi connectivity index (χ0n) is 12.8. The van der Waals surface area contributed by atoms with Crippen molar-refractivity contribution in [1.82, 2.24) is 4.31 Å². The summed E-state index contributed by atoms with van der Waals surface area (Å²) in [6.07, 6.45) is 1.80. The lowest BCUT2D eigenvalue weighted by Crippen LogP contribution is -2.41. The first kappa shape index (κ1) is 16.8. The smallest absolute Gasteiger partial charge is 0.245 e. The fraction of sp³-hybridized carbons (Fsp3) is 0.600. The fourth-order valence-corrected chi connectivity index (χ4v) is 4.96. The molecule has 1 heterocycles. The van der Waals surface area contributed by atoms with Crippen molar-refractivity contribution in [2.24, 2.45) is 11.3 Å².